The minimum atomic E-state index is -4.78. The van der Waals surface area contributed by atoms with Gasteiger partial charge in [0.15, 0.2) is 0 Å². The zero-order valence-electron chi connectivity index (χ0n) is 14.3. The fraction of sp³-hybridized carbons (Fsp3) is 0.375. The molecule has 1 saturated heterocycles. The Balaban J connectivity index is 1.81. The van der Waals surface area contributed by atoms with Crippen molar-refractivity contribution >= 4 is 23.6 Å². The molecule has 1 fully saturated rings. The molecule has 0 radical (unpaired) electrons. The fourth-order valence-corrected chi connectivity index (χ4v) is 3.80. The van der Waals surface area contributed by atoms with Gasteiger partial charge in [0, 0.05) is 12.1 Å². The van der Waals surface area contributed by atoms with Crippen molar-refractivity contribution < 1.29 is 27.2 Å². The third-order valence-electron chi connectivity index (χ3n) is 4.14. The summed E-state index contributed by atoms with van der Waals surface area (Å²) in [5.41, 5.74) is 0.141. The number of nitrogens with two attached hydrogens (primary N) is 1. The van der Waals surface area contributed by atoms with Gasteiger partial charge in [-0.25, -0.2) is 9.07 Å². The van der Waals surface area contributed by atoms with Crippen molar-refractivity contribution in [2.24, 2.45) is 0 Å². The molecule has 2 heterocycles. The lowest BCUT2D eigenvalue weighted by molar-refractivity contribution is -0.146. The van der Waals surface area contributed by atoms with E-state index in [2.05, 4.69) is 10.2 Å². The van der Waals surface area contributed by atoms with E-state index in [0.717, 1.165) is 28.8 Å². The van der Waals surface area contributed by atoms with E-state index in [-0.39, 0.29) is 21.9 Å². The molecule has 1 aromatic heterocycles. The van der Waals surface area contributed by atoms with Crippen molar-refractivity contribution in [3.63, 3.8) is 0 Å². The second-order valence-electron chi connectivity index (χ2n) is 6.08. The second kappa shape index (κ2) is 7.78. The third-order valence-corrected chi connectivity index (χ3v) is 5.35. The van der Waals surface area contributed by atoms with Gasteiger partial charge in [0.2, 0.25) is 11.1 Å². The molecule has 12 heteroatoms. The molecule has 28 heavy (non-hydrogen) atoms. The van der Waals surface area contributed by atoms with E-state index in [1.165, 1.54) is 12.1 Å². The molecule has 1 aliphatic heterocycles. The highest BCUT2D eigenvalue weighted by Gasteiger charge is 2.39. The van der Waals surface area contributed by atoms with Crippen LogP contribution in [0.1, 0.15) is 35.4 Å². The molecule has 1 atom stereocenters. The molecule has 0 bridgehead atoms. The van der Waals surface area contributed by atoms with Crippen molar-refractivity contribution in [1.29, 1.82) is 0 Å². The van der Waals surface area contributed by atoms with Crippen LogP contribution < -0.4 is 5.84 Å². The molecular weight excluding hydrogens is 402 g/mol. The molecule has 2 N–H and O–H groups in total. The van der Waals surface area contributed by atoms with Gasteiger partial charge in [-0.05, 0) is 37.1 Å². The van der Waals surface area contributed by atoms with Crippen molar-refractivity contribution in [3.8, 4) is 0 Å². The van der Waals surface area contributed by atoms with Gasteiger partial charge in [-0.2, -0.15) is 13.2 Å². The van der Waals surface area contributed by atoms with Crippen LogP contribution in [0.25, 0.3) is 0 Å². The SMILES string of the molecule is Nn1c(SC2CCCCN(C(=O)c3ccc(F)cc3)C2=O)nnc1C(F)(F)F. The Hall–Kier alpha value is -2.63. The van der Waals surface area contributed by atoms with Crippen LogP contribution in [-0.4, -0.2) is 43.4 Å². The molecule has 7 nitrogen and oxygen atoms in total. The lowest BCUT2D eigenvalue weighted by atomic mass is 10.2. The Bertz CT molecular complexity index is 884. The van der Waals surface area contributed by atoms with Crippen LogP contribution in [0.4, 0.5) is 17.6 Å². The van der Waals surface area contributed by atoms with Crippen LogP contribution in [0.2, 0.25) is 0 Å². The number of amides is 2. The maximum absolute atomic E-state index is 13.1. The van der Waals surface area contributed by atoms with Crippen molar-refractivity contribution in [2.45, 2.75) is 35.8 Å². The van der Waals surface area contributed by atoms with E-state index in [0.29, 0.717) is 19.3 Å². The van der Waals surface area contributed by atoms with Crippen molar-refractivity contribution in [1.82, 2.24) is 19.8 Å². The number of alkyl halides is 3. The number of thioether (sulfide) groups is 1. The zero-order chi connectivity index (χ0) is 20.5. The summed E-state index contributed by atoms with van der Waals surface area (Å²) in [5.74, 6) is 2.36. The first-order valence-corrected chi connectivity index (χ1v) is 9.12. The summed E-state index contributed by atoms with van der Waals surface area (Å²) in [6.07, 6.45) is -3.32. The van der Waals surface area contributed by atoms with Gasteiger partial charge in [-0.1, -0.05) is 18.2 Å². The predicted octanol–water partition coefficient (Wildman–Crippen LogP) is 2.46. The predicted molar refractivity (Wildman–Crippen MR) is 91.1 cm³/mol. The van der Waals surface area contributed by atoms with E-state index in [9.17, 15) is 27.2 Å². The van der Waals surface area contributed by atoms with Crippen LogP contribution in [0.3, 0.4) is 0 Å². The summed E-state index contributed by atoms with van der Waals surface area (Å²) in [4.78, 5) is 26.5. The van der Waals surface area contributed by atoms with Gasteiger partial charge < -0.3 is 5.84 Å². The van der Waals surface area contributed by atoms with Crippen molar-refractivity contribution in [2.75, 3.05) is 12.4 Å². The first-order valence-electron chi connectivity index (χ1n) is 8.24. The lowest BCUT2D eigenvalue weighted by Gasteiger charge is -2.22. The number of halogens is 4. The number of hydrogen-bond acceptors (Lipinski definition) is 6. The Kier molecular flexibility index (Phi) is 5.59. The van der Waals surface area contributed by atoms with Crippen LogP contribution in [0.15, 0.2) is 29.4 Å². The molecular formula is C16H15F4N5O2S. The summed E-state index contributed by atoms with van der Waals surface area (Å²) in [7, 11) is 0. The standard InChI is InChI=1S/C16H15F4N5O2S/c17-10-6-4-9(5-7-10)12(26)24-8-2-1-3-11(13(24)27)28-15-23-22-14(25(15)21)16(18,19)20/h4-7,11H,1-3,8,21H2. The number of carbonyl (C=O) groups is 2. The van der Waals surface area contributed by atoms with E-state index in [1.807, 2.05) is 0 Å². The minimum Gasteiger partial charge on any atom is -0.335 e. The fourth-order valence-electron chi connectivity index (χ4n) is 2.74. The summed E-state index contributed by atoms with van der Waals surface area (Å²) < 4.78 is 51.8. The van der Waals surface area contributed by atoms with Crippen LogP contribution in [0, 0.1) is 5.82 Å². The molecule has 3 rings (SSSR count). The second-order valence-corrected chi connectivity index (χ2v) is 7.25. The largest absolute Gasteiger partial charge is 0.453 e. The number of benzene rings is 1. The quantitative estimate of drug-likeness (QED) is 0.469. The number of rotatable bonds is 3. The molecule has 0 spiro atoms. The van der Waals surface area contributed by atoms with Gasteiger partial charge in [0.05, 0.1) is 5.25 Å². The van der Waals surface area contributed by atoms with Crippen molar-refractivity contribution in [3.05, 3.63) is 41.5 Å². The Morgan fingerprint density at radius 2 is 1.86 bits per heavy atom. The monoisotopic (exact) mass is 417 g/mol. The van der Waals surface area contributed by atoms with Gasteiger partial charge in [-0.15, -0.1) is 10.2 Å². The van der Waals surface area contributed by atoms with Crippen LogP contribution >= 0.6 is 11.8 Å². The molecule has 1 aromatic carbocycles. The van der Waals surface area contributed by atoms with E-state index >= 15 is 0 Å². The highest BCUT2D eigenvalue weighted by atomic mass is 32.2. The molecule has 150 valence electrons. The number of nitrogen functional groups attached to an aromatic ring is 1. The average Bonchev–Trinajstić information content (AvgIpc) is 2.90. The van der Waals surface area contributed by atoms with Crippen LogP contribution in [-0.2, 0) is 11.0 Å². The summed E-state index contributed by atoms with van der Waals surface area (Å²) in [6, 6.07) is 4.75. The normalized spacial score (nSPS) is 18.2. The number of nitrogens with zero attached hydrogens (tertiary/aromatic N) is 4. The number of imide groups is 1. The molecule has 0 aliphatic carbocycles. The average molecular weight is 417 g/mol. The van der Waals surface area contributed by atoms with Crippen LogP contribution in [0.5, 0.6) is 0 Å². The minimum absolute atomic E-state index is 0.141. The highest BCUT2D eigenvalue weighted by molar-refractivity contribution is 8.00. The summed E-state index contributed by atoms with van der Waals surface area (Å²) >= 11 is 0.729. The van der Waals surface area contributed by atoms with Gasteiger partial charge in [0.1, 0.15) is 5.82 Å². The summed E-state index contributed by atoms with van der Waals surface area (Å²) in [6.45, 7) is 0.162. The van der Waals surface area contributed by atoms with E-state index in [1.54, 1.807) is 0 Å². The molecule has 2 amide bonds. The maximum Gasteiger partial charge on any atom is 0.453 e. The summed E-state index contributed by atoms with van der Waals surface area (Å²) in [5, 5.41) is 5.31. The Labute approximate surface area is 160 Å². The van der Waals surface area contributed by atoms with E-state index < -0.39 is 34.9 Å². The molecule has 1 aliphatic rings. The zero-order valence-corrected chi connectivity index (χ0v) is 15.1. The lowest BCUT2D eigenvalue weighted by Crippen LogP contribution is -2.41. The number of carbonyl (C=O) groups excluding carboxylic acids is 2. The number of hydrogen-bond donors (Lipinski definition) is 1. The van der Waals surface area contributed by atoms with E-state index in [4.69, 9.17) is 5.84 Å². The Morgan fingerprint density at radius 3 is 2.46 bits per heavy atom. The molecule has 2 aromatic rings. The topological polar surface area (TPSA) is 94.1 Å². The molecule has 0 saturated carbocycles. The number of aromatic nitrogens is 3. The smallest absolute Gasteiger partial charge is 0.335 e. The third kappa shape index (κ3) is 4.11. The maximum atomic E-state index is 13.1. The first kappa shape index (κ1) is 20.1. The highest BCUT2D eigenvalue weighted by Crippen LogP contribution is 2.33. The van der Waals surface area contributed by atoms with Gasteiger partial charge >= 0.3 is 6.18 Å². The van der Waals surface area contributed by atoms with Gasteiger partial charge in [0.25, 0.3) is 11.7 Å². The first-order chi connectivity index (χ1) is 13.2. The Morgan fingerprint density at radius 1 is 1.18 bits per heavy atom. The molecule has 1 unspecified atom stereocenters. The van der Waals surface area contributed by atoms with Gasteiger partial charge in [-0.3, -0.25) is 14.5 Å². The number of likely N-dealkylation sites (tertiary alicyclic amines) is 1.